The smallest absolute Gasteiger partial charge is 0.257 e. The van der Waals surface area contributed by atoms with Gasteiger partial charge in [0.1, 0.15) is 0 Å². The van der Waals surface area contributed by atoms with Crippen molar-refractivity contribution in [3.63, 3.8) is 0 Å². The molecule has 1 aliphatic rings. The fourth-order valence-corrected chi connectivity index (χ4v) is 3.59. The number of hydrogen-bond donors (Lipinski definition) is 0. The first-order chi connectivity index (χ1) is 14.5. The molecule has 0 atom stereocenters. The largest absolute Gasteiger partial charge is 0.493 e. The van der Waals surface area contributed by atoms with E-state index >= 15 is 0 Å². The van der Waals surface area contributed by atoms with E-state index in [0.717, 1.165) is 0 Å². The lowest BCUT2D eigenvalue weighted by Gasteiger charge is -2.35. The van der Waals surface area contributed by atoms with Gasteiger partial charge in [0, 0.05) is 51.4 Å². The molecule has 8 heteroatoms. The molecule has 3 rings (SSSR count). The number of benzene rings is 1. The number of nitrogens with zero attached hydrogens (tertiary/aromatic N) is 3. The number of carbonyl (C=O) groups is 2. The molecule has 30 heavy (non-hydrogen) atoms. The van der Waals surface area contributed by atoms with Crippen molar-refractivity contribution in [1.82, 2.24) is 14.4 Å². The van der Waals surface area contributed by atoms with Gasteiger partial charge in [-0.1, -0.05) is 12.1 Å². The number of rotatable bonds is 7. The summed E-state index contributed by atoms with van der Waals surface area (Å²) in [6, 6.07) is 10.2. The van der Waals surface area contributed by atoms with Gasteiger partial charge in [-0.05, 0) is 24.6 Å². The standard InChI is InChI=1S/C22H27N3O5/c1-29-18-8-5-7-17(21(18)30-2)22(28)25-15-13-24(14-16-25)20(27)10-6-12-23-11-4-3-9-19(23)26/h3-5,7-9,11H,6,10,12-16H2,1-2H3. The second-order valence-corrected chi connectivity index (χ2v) is 7.05. The van der Waals surface area contributed by atoms with E-state index in [-0.39, 0.29) is 17.4 Å². The van der Waals surface area contributed by atoms with Crippen molar-refractivity contribution in [2.45, 2.75) is 19.4 Å². The van der Waals surface area contributed by atoms with E-state index in [1.54, 1.807) is 50.9 Å². The first kappa shape index (κ1) is 21.4. The van der Waals surface area contributed by atoms with Crippen LogP contribution < -0.4 is 15.0 Å². The highest BCUT2D eigenvalue weighted by molar-refractivity contribution is 5.98. The maximum atomic E-state index is 12.9. The Balaban J connectivity index is 1.52. The van der Waals surface area contributed by atoms with Crippen LogP contribution >= 0.6 is 0 Å². The Morgan fingerprint density at radius 1 is 0.933 bits per heavy atom. The number of hydrogen-bond acceptors (Lipinski definition) is 5. The van der Waals surface area contributed by atoms with Gasteiger partial charge in [-0.15, -0.1) is 0 Å². The van der Waals surface area contributed by atoms with Gasteiger partial charge in [0.2, 0.25) is 11.5 Å². The summed E-state index contributed by atoms with van der Waals surface area (Å²) in [7, 11) is 3.04. The number of ether oxygens (including phenoxy) is 2. The van der Waals surface area contributed by atoms with Crippen LogP contribution in [0.4, 0.5) is 0 Å². The van der Waals surface area contributed by atoms with Gasteiger partial charge in [-0.2, -0.15) is 0 Å². The number of aryl methyl sites for hydroxylation is 1. The topological polar surface area (TPSA) is 81.1 Å². The molecule has 1 aromatic carbocycles. The third-order valence-corrected chi connectivity index (χ3v) is 5.24. The van der Waals surface area contributed by atoms with Crippen LogP contribution in [0.15, 0.2) is 47.4 Å². The van der Waals surface area contributed by atoms with Crippen LogP contribution in [-0.2, 0) is 11.3 Å². The molecule has 1 aliphatic heterocycles. The Labute approximate surface area is 175 Å². The zero-order valence-corrected chi connectivity index (χ0v) is 17.4. The Kier molecular flexibility index (Phi) is 7.11. The fraction of sp³-hybridized carbons (Fsp3) is 0.409. The third kappa shape index (κ3) is 4.82. The van der Waals surface area contributed by atoms with Gasteiger partial charge in [0.05, 0.1) is 19.8 Å². The number of para-hydroxylation sites is 1. The molecular formula is C22H27N3O5. The summed E-state index contributed by atoms with van der Waals surface area (Å²) in [6.45, 7) is 2.41. The quantitative estimate of drug-likeness (QED) is 0.689. The van der Waals surface area contributed by atoms with Crippen molar-refractivity contribution in [3.8, 4) is 11.5 Å². The molecular weight excluding hydrogens is 386 g/mol. The average Bonchev–Trinajstić information content (AvgIpc) is 2.79. The molecule has 0 spiro atoms. The summed E-state index contributed by atoms with van der Waals surface area (Å²) >= 11 is 0. The molecule has 0 saturated carbocycles. The summed E-state index contributed by atoms with van der Waals surface area (Å²) in [5, 5.41) is 0. The molecule has 2 heterocycles. The zero-order chi connectivity index (χ0) is 21.5. The van der Waals surface area contributed by atoms with Crippen LogP contribution in [0.5, 0.6) is 11.5 Å². The van der Waals surface area contributed by atoms with Crippen LogP contribution in [0.2, 0.25) is 0 Å². The van der Waals surface area contributed by atoms with Crippen molar-refractivity contribution in [2.24, 2.45) is 0 Å². The summed E-state index contributed by atoms with van der Waals surface area (Å²) in [5.74, 6) is 0.834. The SMILES string of the molecule is COc1cccc(C(=O)N2CCN(C(=O)CCCn3ccccc3=O)CC2)c1OC. The molecule has 1 fully saturated rings. The summed E-state index contributed by atoms with van der Waals surface area (Å²) in [6.07, 6.45) is 2.70. The number of carbonyl (C=O) groups excluding carboxylic acids is 2. The lowest BCUT2D eigenvalue weighted by Crippen LogP contribution is -2.50. The molecule has 1 aromatic heterocycles. The minimum Gasteiger partial charge on any atom is -0.493 e. The van der Waals surface area contributed by atoms with Gasteiger partial charge in [0.15, 0.2) is 11.5 Å². The minimum atomic E-state index is -0.138. The molecule has 0 bridgehead atoms. The number of methoxy groups -OCH3 is 2. The van der Waals surface area contributed by atoms with E-state index in [1.807, 2.05) is 0 Å². The summed E-state index contributed by atoms with van der Waals surface area (Å²) < 4.78 is 12.2. The van der Waals surface area contributed by atoms with Crippen LogP contribution in [0.25, 0.3) is 0 Å². The normalized spacial score (nSPS) is 13.8. The molecule has 0 N–H and O–H groups in total. The van der Waals surface area contributed by atoms with E-state index in [1.165, 1.54) is 20.3 Å². The monoisotopic (exact) mass is 413 g/mol. The molecule has 2 amide bonds. The Morgan fingerprint density at radius 2 is 1.67 bits per heavy atom. The second kappa shape index (κ2) is 9.96. The van der Waals surface area contributed by atoms with Crippen molar-refractivity contribution < 1.29 is 19.1 Å². The van der Waals surface area contributed by atoms with Crippen LogP contribution in [-0.4, -0.2) is 66.6 Å². The predicted molar refractivity (Wildman–Crippen MR) is 112 cm³/mol. The van der Waals surface area contributed by atoms with E-state index in [0.29, 0.717) is 62.6 Å². The molecule has 0 unspecified atom stereocenters. The van der Waals surface area contributed by atoms with E-state index < -0.39 is 0 Å². The highest BCUT2D eigenvalue weighted by Crippen LogP contribution is 2.31. The fourth-order valence-electron chi connectivity index (χ4n) is 3.59. The maximum absolute atomic E-state index is 12.9. The first-order valence-corrected chi connectivity index (χ1v) is 9.98. The van der Waals surface area contributed by atoms with Crippen molar-refractivity contribution >= 4 is 11.8 Å². The van der Waals surface area contributed by atoms with Crippen molar-refractivity contribution in [2.75, 3.05) is 40.4 Å². The van der Waals surface area contributed by atoms with Crippen LogP contribution in [0.1, 0.15) is 23.2 Å². The first-order valence-electron chi connectivity index (χ1n) is 9.98. The highest BCUT2D eigenvalue weighted by atomic mass is 16.5. The van der Waals surface area contributed by atoms with Crippen LogP contribution in [0.3, 0.4) is 0 Å². The number of aromatic nitrogens is 1. The number of piperazine rings is 1. The Bertz CT molecular complexity index is 948. The lowest BCUT2D eigenvalue weighted by molar-refractivity contribution is -0.132. The number of amides is 2. The van der Waals surface area contributed by atoms with E-state index in [9.17, 15) is 14.4 Å². The molecule has 8 nitrogen and oxygen atoms in total. The summed E-state index contributed by atoms with van der Waals surface area (Å²) in [5.41, 5.74) is 0.384. The molecule has 0 aliphatic carbocycles. The maximum Gasteiger partial charge on any atom is 0.257 e. The highest BCUT2D eigenvalue weighted by Gasteiger charge is 2.27. The van der Waals surface area contributed by atoms with Crippen molar-refractivity contribution in [1.29, 1.82) is 0 Å². The van der Waals surface area contributed by atoms with Gasteiger partial charge in [-0.3, -0.25) is 14.4 Å². The van der Waals surface area contributed by atoms with Crippen LogP contribution in [0, 0.1) is 0 Å². The molecule has 1 saturated heterocycles. The molecule has 0 radical (unpaired) electrons. The average molecular weight is 413 g/mol. The Hall–Kier alpha value is -3.29. The van der Waals surface area contributed by atoms with Gasteiger partial charge < -0.3 is 23.8 Å². The number of pyridine rings is 1. The van der Waals surface area contributed by atoms with Gasteiger partial charge in [0.25, 0.3) is 5.91 Å². The lowest BCUT2D eigenvalue weighted by atomic mass is 10.1. The van der Waals surface area contributed by atoms with Crippen molar-refractivity contribution in [3.05, 3.63) is 58.5 Å². The second-order valence-electron chi connectivity index (χ2n) is 7.05. The summed E-state index contributed by atoms with van der Waals surface area (Å²) in [4.78, 5) is 40.7. The molecule has 2 aromatic rings. The third-order valence-electron chi connectivity index (χ3n) is 5.24. The van der Waals surface area contributed by atoms with Gasteiger partial charge >= 0.3 is 0 Å². The predicted octanol–water partition coefficient (Wildman–Crippen LogP) is 1.63. The minimum absolute atomic E-state index is 0.0463. The van der Waals surface area contributed by atoms with Gasteiger partial charge in [-0.25, -0.2) is 0 Å². The van der Waals surface area contributed by atoms with E-state index in [2.05, 4.69) is 0 Å². The molecule has 160 valence electrons. The Morgan fingerprint density at radius 3 is 2.33 bits per heavy atom. The zero-order valence-electron chi connectivity index (χ0n) is 17.4. The van der Waals surface area contributed by atoms with E-state index in [4.69, 9.17) is 9.47 Å².